The minimum absolute atomic E-state index is 0. The lowest BCUT2D eigenvalue weighted by Gasteiger charge is -2.26. The molecule has 6 nitrogen and oxygen atoms in total. The molecule has 1 aromatic rings. The fourth-order valence-electron chi connectivity index (χ4n) is 2.82. The van der Waals surface area contributed by atoms with E-state index >= 15 is 0 Å². The third-order valence-electron chi connectivity index (χ3n) is 4.22. The minimum Gasteiger partial charge on any atom is -0.379 e. The first kappa shape index (κ1) is 22.2. The summed E-state index contributed by atoms with van der Waals surface area (Å²) in [5.74, 6) is -0.0467. The van der Waals surface area contributed by atoms with Gasteiger partial charge < -0.3 is 20.1 Å². The molecule has 25 heavy (non-hydrogen) atoms. The first-order valence-electron chi connectivity index (χ1n) is 8.29. The van der Waals surface area contributed by atoms with Gasteiger partial charge >= 0.3 is 0 Å². The second kappa shape index (κ2) is 11.7. The van der Waals surface area contributed by atoms with Crippen molar-refractivity contribution in [1.82, 2.24) is 15.5 Å². The molecule has 0 saturated carbocycles. The van der Waals surface area contributed by atoms with Crippen LogP contribution in [0.2, 0.25) is 0 Å². The van der Waals surface area contributed by atoms with E-state index in [1.54, 1.807) is 0 Å². The molecule has 2 saturated heterocycles. The van der Waals surface area contributed by atoms with Gasteiger partial charge in [0.2, 0.25) is 0 Å². The topological polar surface area (TPSA) is 62.8 Å². The van der Waals surface area contributed by atoms with Crippen molar-refractivity contribution in [2.75, 3.05) is 46.0 Å². The van der Waals surface area contributed by atoms with Gasteiger partial charge in [0.25, 0.3) is 5.91 Å². The number of amides is 1. The van der Waals surface area contributed by atoms with E-state index in [0.29, 0.717) is 19.7 Å². The fourth-order valence-corrected chi connectivity index (χ4v) is 2.82. The Hall–Kier alpha value is -0.890. The average Bonchev–Trinajstić information content (AvgIpc) is 2.62. The van der Waals surface area contributed by atoms with E-state index in [0.717, 1.165) is 45.0 Å². The van der Waals surface area contributed by atoms with Gasteiger partial charge in [-0.1, -0.05) is 24.3 Å². The highest BCUT2D eigenvalue weighted by atomic mass is 35.5. The van der Waals surface area contributed by atoms with E-state index in [-0.39, 0.29) is 36.8 Å². The van der Waals surface area contributed by atoms with Crippen molar-refractivity contribution in [2.24, 2.45) is 0 Å². The Bertz CT molecular complexity index is 504. The number of nitrogens with one attached hydrogen (secondary N) is 2. The molecule has 0 aliphatic carbocycles. The second-order valence-corrected chi connectivity index (χ2v) is 5.99. The van der Waals surface area contributed by atoms with Crippen LogP contribution in [0.1, 0.15) is 11.1 Å². The molecular formula is C17H27Cl2N3O3. The molecule has 1 aromatic carbocycles. The Morgan fingerprint density at radius 2 is 1.80 bits per heavy atom. The summed E-state index contributed by atoms with van der Waals surface area (Å²) in [6.07, 6.45) is -0.371. The highest BCUT2D eigenvalue weighted by molar-refractivity contribution is 5.85. The van der Waals surface area contributed by atoms with Crippen LogP contribution in [0.5, 0.6) is 0 Å². The maximum absolute atomic E-state index is 12.0. The monoisotopic (exact) mass is 391 g/mol. The summed E-state index contributed by atoms with van der Waals surface area (Å²) in [5, 5.41) is 6.10. The lowest BCUT2D eigenvalue weighted by atomic mass is 10.1. The number of rotatable bonds is 5. The predicted molar refractivity (Wildman–Crippen MR) is 101 cm³/mol. The highest BCUT2D eigenvalue weighted by Crippen LogP contribution is 2.09. The number of benzene rings is 1. The summed E-state index contributed by atoms with van der Waals surface area (Å²) in [5.41, 5.74) is 2.40. The van der Waals surface area contributed by atoms with E-state index < -0.39 is 0 Å². The normalized spacial score (nSPS) is 20.9. The van der Waals surface area contributed by atoms with Gasteiger partial charge in [0, 0.05) is 39.3 Å². The third-order valence-corrected chi connectivity index (χ3v) is 4.22. The largest absolute Gasteiger partial charge is 0.379 e. The Labute approximate surface area is 161 Å². The molecule has 8 heteroatoms. The van der Waals surface area contributed by atoms with Crippen LogP contribution in [-0.4, -0.2) is 62.9 Å². The van der Waals surface area contributed by atoms with E-state index in [9.17, 15) is 4.79 Å². The predicted octanol–water partition coefficient (Wildman–Crippen LogP) is 0.967. The van der Waals surface area contributed by atoms with Gasteiger partial charge in [0.05, 0.1) is 19.8 Å². The van der Waals surface area contributed by atoms with Gasteiger partial charge in [0.1, 0.15) is 6.10 Å². The highest BCUT2D eigenvalue weighted by Gasteiger charge is 2.21. The molecule has 1 amide bonds. The molecule has 2 aliphatic heterocycles. The summed E-state index contributed by atoms with van der Waals surface area (Å²) in [4.78, 5) is 14.4. The Morgan fingerprint density at radius 1 is 1.12 bits per heavy atom. The van der Waals surface area contributed by atoms with Crippen LogP contribution in [-0.2, 0) is 27.4 Å². The summed E-state index contributed by atoms with van der Waals surface area (Å²) in [6.45, 7) is 7.12. The van der Waals surface area contributed by atoms with Gasteiger partial charge in [-0.05, 0) is 11.1 Å². The Kier molecular flexibility index (Phi) is 10.3. The number of hydrogen-bond acceptors (Lipinski definition) is 5. The van der Waals surface area contributed by atoms with E-state index in [2.05, 4.69) is 39.8 Å². The van der Waals surface area contributed by atoms with Crippen molar-refractivity contribution < 1.29 is 14.3 Å². The number of halogens is 2. The number of morpholine rings is 2. The smallest absolute Gasteiger partial charge is 0.250 e. The van der Waals surface area contributed by atoms with Crippen LogP contribution in [0.25, 0.3) is 0 Å². The summed E-state index contributed by atoms with van der Waals surface area (Å²) in [6, 6.07) is 8.43. The molecule has 2 heterocycles. The number of ether oxygens (including phenoxy) is 2. The van der Waals surface area contributed by atoms with E-state index in [1.807, 2.05) is 0 Å². The SMILES string of the molecule is Cl.Cl.O=C(NCc1ccc(CN2CCOCC2)cc1)C1CNCCO1. The van der Waals surface area contributed by atoms with E-state index in [1.165, 1.54) is 5.56 Å². The molecule has 1 unspecified atom stereocenters. The minimum atomic E-state index is -0.371. The van der Waals surface area contributed by atoms with Crippen LogP contribution in [0, 0.1) is 0 Å². The maximum Gasteiger partial charge on any atom is 0.250 e. The van der Waals surface area contributed by atoms with E-state index in [4.69, 9.17) is 9.47 Å². The van der Waals surface area contributed by atoms with Crippen molar-refractivity contribution >= 4 is 30.7 Å². The van der Waals surface area contributed by atoms with Gasteiger partial charge in [0.15, 0.2) is 0 Å². The van der Waals surface area contributed by atoms with Crippen molar-refractivity contribution in [1.29, 1.82) is 0 Å². The molecule has 2 N–H and O–H groups in total. The first-order valence-corrected chi connectivity index (χ1v) is 8.29. The summed E-state index contributed by atoms with van der Waals surface area (Å²) in [7, 11) is 0. The van der Waals surface area contributed by atoms with Crippen LogP contribution in [0.3, 0.4) is 0 Å². The van der Waals surface area contributed by atoms with Gasteiger partial charge in [-0.3, -0.25) is 9.69 Å². The standard InChI is InChI=1S/C17H25N3O3.2ClH/c21-17(16-12-18-5-8-23-16)19-11-14-1-3-15(4-2-14)13-20-6-9-22-10-7-20;;/h1-4,16,18H,5-13H2,(H,19,21);2*1H. The Balaban J connectivity index is 0.00000156. The number of carbonyl (C=O) groups is 1. The molecule has 0 bridgehead atoms. The molecule has 2 aliphatic rings. The molecule has 1 atom stereocenters. The van der Waals surface area contributed by atoms with Crippen LogP contribution < -0.4 is 10.6 Å². The van der Waals surface area contributed by atoms with Crippen molar-refractivity contribution in [3.63, 3.8) is 0 Å². The molecule has 0 radical (unpaired) electrons. The lowest BCUT2D eigenvalue weighted by Crippen LogP contribution is -2.47. The summed E-state index contributed by atoms with van der Waals surface area (Å²) < 4.78 is 10.8. The molecule has 0 aromatic heterocycles. The number of hydrogen-bond donors (Lipinski definition) is 2. The van der Waals surface area contributed by atoms with Crippen molar-refractivity contribution in [3.8, 4) is 0 Å². The quantitative estimate of drug-likeness (QED) is 0.782. The zero-order valence-corrected chi connectivity index (χ0v) is 15.9. The Morgan fingerprint density at radius 3 is 2.44 bits per heavy atom. The van der Waals surface area contributed by atoms with Crippen LogP contribution in [0.4, 0.5) is 0 Å². The molecule has 142 valence electrons. The zero-order valence-electron chi connectivity index (χ0n) is 14.2. The molecular weight excluding hydrogens is 365 g/mol. The first-order chi connectivity index (χ1) is 11.3. The number of nitrogens with zero attached hydrogens (tertiary/aromatic N) is 1. The van der Waals surface area contributed by atoms with Crippen molar-refractivity contribution in [2.45, 2.75) is 19.2 Å². The second-order valence-electron chi connectivity index (χ2n) is 5.99. The average molecular weight is 392 g/mol. The molecule has 3 rings (SSSR count). The number of carbonyl (C=O) groups excluding carboxylic acids is 1. The lowest BCUT2D eigenvalue weighted by molar-refractivity contribution is -0.134. The van der Waals surface area contributed by atoms with Crippen LogP contribution >= 0.6 is 24.8 Å². The molecule has 2 fully saturated rings. The zero-order chi connectivity index (χ0) is 15.9. The summed E-state index contributed by atoms with van der Waals surface area (Å²) >= 11 is 0. The maximum atomic E-state index is 12.0. The van der Waals surface area contributed by atoms with Gasteiger partial charge in [-0.2, -0.15) is 0 Å². The molecule has 0 spiro atoms. The third kappa shape index (κ3) is 7.09. The fraction of sp³-hybridized carbons (Fsp3) is 0.588. The van der Waals surface area contributed by atoms with Gasteiger partial charge in [-0.15, -0.1) is 24.8 Å². The van der Waals surface area contributed by atoms with Crippen LogP contribution in [0.15, 0.2) is 24.3 Å². The van der Waals surface area contributed by atoms with Crippen molar-refractivity contribution in [3.05, 3.63) is 35.4 Å². The van der Waals surface area contributed by atoms with Gasteiger partial charge in [-0.25, -0.2) is 0 Å².